The zero-order valence-corrected chi connectivity index (χ0v) is 28.3. The van der Waals surface area contributed by atoms with Gasteiger partial charge in [0, 0.05) is 38.3 Å². The molecule has 0 saturated carbocycles. The second kappa shape index (κ2) is 10.6. The Morgan fingerprint density at radius 3 is 2.52 bits per heavy atom. The van der Waals surface area contributed by atoms with E-state index in [1.807, 2.05) is 11.3 Å². The summed E-state index contributed by atoms with van der Waals surface area (Å²) in [7, 11) is 0. The molecule has 2 aliphatic heterocycles. The van der Waals surface area contributed by atoms with Crippen LogP contribution in [-0.2, 0) is 0 Å². The third-order valence-electron chi connectivity index (χ3n) is 11.4. The highest BCUT2D eigenvalue weighted by Crippen LogP contribution is 2.56. The number of thiophene rings is 1. The fourth-order valence-corrected chi connectivity index (χ4v) is 10.3. The number of allylic oxidation sites excluding steroid dienone is 15. The molecule has 4 aliphatic carbocycles. The lowest BCUT2D eigenvalue weighted by Gasteiger charge is -2.39. The Morgan fingerprint density at radius 1 is 0.833 bits per heavy atom. The van der Waals surface area contributed by atoms with Gasteiger partial charge in [-0.2, -0.15) is 0 Å². The Bertz CT molecular complexity index is 2380. The van der Waals surface area contributed by atoms with E-state index in [1.165, 1.54) is 64.6 Å². The van der Waals surface area contributed by atoms with Gasteiger partial charge < -0.3 is 4.90 Å². The molecule has 3 heteroatoms. The standard InChI is InChI=1S/C45H38N2S/c1-28-21-23-29(24-22-28)30-16-11-20-39(46-42-33(30)25-27-45(2)26-10-9-17-36(42)45)47-37-18-7-5-14-34(37)40-31-12-3-4-13-32(31)41-35-15-6-8-19-38(35)48-44(41)43(40)47/h3-10,12-15,17-21,23-28,34,36-37H,11,16,22H2,1-2H3/b33-30?,39-20+,46-42?. The first-order valence-corrected chi connectivity index (χ1v) is 18.4. The van der Waals surface area contributed by atoms with Crippen LogP contribution in [0.5, 0.6) is 0 Å². The average Bonchev–Trinajstić information content (AvgIpc) is 3.66. The van der Waals surface area contributed by atoms with Gasteiger partial charge in [0.1, 0.15) is 5.82 Å². The van der Waals surface area contributed by atoms with Gasteiger partial charge in [-0.05, 0) is 64.8 Å². The van der Waals surface area contributed by atoms with Gasteiger partial charge in [-0.25, -0.2) is 4.99 Å². The van der Waals surface area contributed by atoms with E-state index in [2.05, 4.69) is 152 Å². The zero-order chi connectivity index (χ0) is 32.0. The van der Waals surface area contributed by atoms with Crippen LogP contribution in [0.15, 0.2) is 161 Å². The van der Waals surface area contributed by atoms with Crippen molar-refractivity contribution in [3.8, 4) is 0 Å². The summed E-state index contributed by atoms with van der Waals surface area (Å²) in [4.78, 5) is 8.49. The smallest absolute Gasteiger partial charge is 0.129 e. The highest BCUT2D eigenvalue weighted by molar-refractivity contribution is 7.26. The molecular formula is C45H38N2S. The molecule has 0 N–H and O–H groups in total. The number of rotatable bonds is 2. The number of hydrogen-bond acceptors (Lipinski definition) is 3. The number of anilines is 1. The summed E-state index contributed by atoms with van der Waals surface area (Å²) >= 11 is 1.94. The number of hydrogen-bond donors (Lipinski definition) is 0. The molecule has 0 radical (unpaired) electrons. The summed E-state index contributed by atoms with van der Waals surface area (Å²) in [5.74, 6) is 2.11. The van der Waals surface area contributed by atoms with Crippen molar-refractivity contribution >= 4 is 53.7 Å². The summed E-state index contributed by atoms with van der Waals surface area (Å²) < 4.78 is 2.72. The van der Waals surface area contributed by atoms with E-state index in [0.717, 1.165) is 25.1 Å². The molecule has 2 nitrogen and oxygen atoms in total. The van der Waals surface area contributed by atoms with Gasteiger partial charge in [-0.15, -0.1) is 11.3 Å². The molecule has 6 aliphatic rings. The highest BCUT2D eigenvalue weighted by atomic mass is 32.1. The van der Waals surface area contributed by atoms with Crippen molar-refractivity contribution in [1.29, 1.82) is 0 Å². The molecule has 1 aromatic heterocycles. The molecule has 0 spiro atoms. The number of fused-ring (bicyclic) bond motifs is 13. The van der Waals surface area contributed by atoms with Crippen LogP contribution in [-0.4, -0.2) is 11.8 Å². The minimum absolute atomic E-state index is 0.105. The summed E-state index contributed by atoms with van der Waals surface area (Å²) in [5, 5.41) is 5.44. The molecule has 3 heterocycles. The number of benzene rings is 3. The lowest BCUT2D eigenvalue weighted by atomic mass is 9.66. The van der Waals surface area contributed by atoms with E-state index >= 15 is 0 Å². The number of aliphatic imine (C=N–C) groups is 1. The van der Waals surface area contributed by atoms with Crippen molar-refractivity contribution in [2.24, 2.45) is 22.2 Å². The molecule has 3 aromatic carbocycles. The quantitative estimate of drug-likeness (QED) is 0.213. The molecule has 48 heavy (non-hydrogen) atoms. The van der Waals surface area contributed by atoms with Gasteiger partial charge in [0.2, 0.25) is 0 Å². The van der Waals surface area contributed by atoms with Crippen LogP contribution in [0.4, 0.5) is 5.69 Å². The van der Waals surface area contributed by atoms with E-state index in [4.69, 9.17) is 4.99 Å². The molecular weight excluding hydrogens is 601 g/mol. The van der Waals surface area contributed by atoms with Crippen LogP contribution in [0.3, 0.4) is 0 Å². The summed E-state index contributed by atoms with van der Waals surface area (Å²) in [6.07, 6.45) is 36.0. The van der Waals surface area contributed by atoms with Gasteiger partial charge in [-0.1, -0.05) is 135 Å². The topological polar surface area (TPSA) is 15.6 Å². The molecule has 5 unspecified atom stereocenters. The third kappa shape index (κ3) is 4.07. The minimum atomic E-state index is -0.105. The third-order valence-corrected chi connectivity index (χ3v) is 12.6. The predicted octanol–water partition coefficient (Wildman–Crippen LogP) is 11.8. The van der Waals surface area contributed by atoms with Crippen molar-refractivity contribution in [3.05, 3.63) is 162 Å². The SMILES string of the molecule is CC1C=CC(C2=C3C=CC4(C)C=CC=CC4C3=N/C(N3c4c(c5ccccc5c5c4sc4ccccc45)C4C=CC=CC43)=C\CC2)=CC1. The van der Waals surface area contributed by atoms with Crippen LogP contribution in [0, 0.1) is 17.3 Å². The molecule has 10 rings (SSSR count). The van der Waals surface area contributed by atoms with Crippen LogP contribution in [0.1, 0.15) is 44.6 Å². The zero-order valence-electron chi connectivity index (χ0n) is 27.4. The molecule has 0 fully saturated rings. The van der Waals surface area contributed by atoms with Gasteiger partial charge >= 0.3 is 0 Å². The largest absolute Gasteiger partial charge is 0.317 e. The average molecular weight is 639 g/mol. The van der Waals surface area contributed by atoms with Crippen LogP contribution < -0.4 is 4.90 Å². The van der Waals surface area contributed by atoms with E-state index < -0.39 is 0 Å². The second-order valence-electron chi connectivity index (χ2n) is 14.4. The fourth-order valence-electron chi connectivity index (χ4n) is 9.01. The molecule has 234 valence electrons. The molecule has 4 aromatic rings. The first-order valence-electron chi connectivity index (χ1n) is 17.6. The number of nitrogens with zero attached hydrogens (tertiary/aromatic N) is 2. The van der Waals surface area contributed by atoms with Gasteiger partial charge in [0.05, 0.1) is 22.1 Å². The maximum atomic E-state index is 5.86. The monoisotopic (exact) mass is 638 g/mol. The van der Waals surface area contributed by atoms with E-state index in [9.17, 15) is 0 Å². The summed E-state index contributed by atoms with van der Waals surface area (Å²) in [5.41, 5.74) is 8.00. The Balaban J connectivity index is 1.24. The molecule has 5 atom stereocenters. The first-order chi connectivity index (χ1) is 23.6. The predicted molar refractivity (Wildman–Crippen MR) is 206 cm³/mol. The normalized spacial score (nSPS) is 29.7. The van der Waals surface area contributed by atoms with E-state index in [1.54, 1.807) is 0 Å². The van der Waals surface area contributed by atoms with Crippen molar-refractivity contribution in [2.45, 2.75) is 45.1 Å². The van der Waals surface area contributed by atoms with Crippen LogP contribution >= 0.6 is 11.3 Å². The van der Waals surface area contributed by atoms with E-state index in [0.29, 0.717) is 5.92 Å². The van der Waals surface area contributed by atoms with Gasteiger partial charge in [0.25, 0.3) is 0 Å². The van der Waals surface area contributed by atoms with Crippen molar-refractivity contribution in [3.63, 3.8) is 0 Å². The van der Waals surface area contributed by atoms with Crippen molar-refractivity contribution in [2.75, 3.05) is 4.90 Å². The summed E-state index contributed by atoms with van der Waals surface area (Å²) in [6, 6.07) is 18.2. The molecule has 0 saturated heterocycles. The minimum Gasteiger partial charge on any atom is -0.317 e. The Morgan fingerprint density at radius 2 is 1.65 bits per heavy atom. The van der Waals surface area contributed by atoms with Crippen LogP contribution in [0.2, 0.25) is 0 Å². The van der Waals surface area contributed by atoms with Gasteiger partial charge in [0.15, 0.2) is 0 Å². The lowest BCUT2D eigenvalue weighted by molar-refractivity contribution is 0.474. The van der Waals surface area contributed by atoms with Crippen LogP contribution in [0.25, 0.3) is 30.9 Å². The highest BCUT2D eigenvalue weighted by Gasteiger charge is 2.44. The molecule has 0 amide bonds. The fraction of sp³-hybridized carbons (Fsp3) is 0.222. The van der Waals surface area contributed by atoms with Gasteiger partial charge in [-0.3, -0.25) is 0 Å². The van der Waals surface area contributed by atoms with Crippen molar-refractivity contribution in [1.82, 2.24) is 0 Å². The maximum Gasteiger partial charge on any atom is 0.129 e. The molecule has 0 bridgehead atoms. The first kappa shape index (κ1) is 28.3. The van der Waals surface area contributed by atoms with E-state index in [-0.39, 0.29) is 23.3 Å². The Labute approximate surface area is 286 Å². The maximum absolute atomic E-state index is 5.86. The van der Waals surface area contributed by atoms with Crippen molar-refractivity contribution < 1.29 is 0 Å². The summed E-state index contributed by atoms with van der Waals surface area (Å²) in [6.45, 7) is 4.67. The second-order valence-corrected chi connectivity index (χ2v) is 15.5. The Hall–Kier alpha value is -4.73. The Kier molecular flexibility index (Phi) is 6.27. The lowest BCUT2D eigenvalue weighted by Crippen LogP contribution is -2.37.